The van der Waals surface area contributed by atoms with Crippen molar-refractivity contribution in [2.75, 3.05) is 26.7 Å². The van der Waals surface area contributed by atoms with Crippen molar-refractivity contribution in [2.45, 2.75) is 58.3 Å². The number of hydrogen-bond donors (Lipinski definition) is 0. The van der Waals surface area contributed by atoms with Gasteiger partial charge in [-0.25, -0.2) is 4.39 Å². The van der Waals surface area contributed by atoms with Gasteiger partial charge >= 0.3 is 0 Å². The first-order valence-electron chi connectivity index (χ1n) is 6.40. The second kappa shape index (κ2) is 5.46. The third-order valence-electron chi connectivity index (χ3n) is 3.58. The number of nitrogens with zero attached hydrogens (tertiary/aromatic N) is 2. The number of likely N-dealkylation sites (tertiary alicyclic amines) is 1. The molecule has 0 aliphatic carbocycles. The minimum absolute atomic E-state index is 0.275. The van der Waals surface area contributed by atoms with Gasteiger partial charge in [0.1, 0.15) is 6.17 Å². The molecule has 1 unspecified atom stereocenters. The van der Waals surface area contributed by atoms with Gasteiger partial charge in [0.2, 0.25) is 0 Å². The molecule has 3 heteroatoms. The maximum atomic E-state index is 12.9. The largest absolute Gasteiger partial charge is 0.300 e. The molecule has 0 amide bonds. The lowest BCUT2D eigenvalue weighted by Gasteiger charge is -2.43. The van der Waals surface area contributed by atoms with Crippen molar-refractivity contribution in [3.05, 3.63) is 0 Å². The maximum Gasteiger partial charge on any atom is 0.110 e. The third-order valence-corrected chi connectivity index (χ3v) is 3.58. The van der Waals surface area contributed by atoms with Gasteiger partial charge in [-0.15, -0.1) is 0 Å². The molecule has 1 atom stereocenters. The van der Waals surface area contributed by atoms with Gasteiger partial charge < -0.3 is 4.90 Å². The Bertz CT molecular complexity index is 202. The van der Waals surface area contributed by atoms with Crippen molar-refractivity contribution < 1.29 is 4.39 Å². The summed E-state index contributed by atoms with van der Waals surface area (Å²) >= 11 is 0. The minimum Gasteiger partial charge on any atom is -0.300 e. The number of rotatable bonds is 3. The van der Waals surface area contributed by atoms with Crippen molar-refractivity contribution in [2.24, 2.45) is 0 Å². The Morgan fingerprint density at radius 3 is 2.19 bits per heavy atom. The molecular weight excluding hydrogens is 203 g/mol. The van der Waals surface area contributed by atoms with Gasteiger partial charge in [0, 0.05) is 31.2 Å². The molecule has 1 aliphatic heterocycles. The van der Waals surface area contributed by atoms with E-state index in [1.54, 1.807) is 6.92 Å². The fourth-order valence-electron chi connectivity index (χ4n) is 2.52. The molecule has 1 aliphatic rings. The molecule has 0 aromatic rings. The Morgan fingerprint density at radius 2 is 1.81 bits per heavy atom. The van der Waals surface area contributed by atoms with Crippen molar-refractivity contribution in [1.29, 1.82) is 0 Å². The zero-order valence-corrected chi connectivity index (χ0v) is 11.5. The number of hydrogen-bond acceptors (Lipinski definition) is 2. The van der Waals surface area contributed by atoms with Crippen LogP contribution in [0.5, 0.6) is 0 Å². The summed E-state index contributed by atoms with van der Waals surface area (Å²) in [4.78, 5) is 4.71. The van der Waals surface area contributed by atoms with Gasteiger partial charge in [0.15, 0.2) is 0 Å². The lowest BCUT2D eigenvalue weighted by molar-refractivity contribution is 0.0585. The van der Waals surface area contributed by atoms with Crippen LogP contribution in [-0.2, 0) is 0 Å². The molecule has 96 valence electrons. The highest BCUT2D eigenvalue weighted by Crippen LogP contribution is 2.22. The van der Waals surface area contributed by atoms with Gasteiger partial charge in [0.05, 0.1) is 0 Å². The average Bonchev–Trinajstić information content (AvgIpc) is 2.15. The molecule has 1 saturated heterocycles. The molecule has 1 rings (SSSR count). The topological polar surface area (TPSA) is 6.48 Å². The second-order valence-corrected chi connectivity index (χ2v) is 6.11. The minimum atomic E-state index is -0.717. The van der Waals surface area contributed by atoms with Crippen molar-refractivity contribution in [3.63, 3.8) is 0 Å². The smallest absolute Gasteiger partial charge is 0.110 e. The highest BCUT2D eigenvalue weighted by Gasteiger charge is 2.28. The van der Waals surface area contributed by atoms with Crippen LogP contribution in [0.3, 0.4) is 0 Å². The molecule has 0 N–H and O–H groups in total. The number of piperidine rings is 1. The lowest BCUT2D eigenvalue weighted by atomic mass is 9.97. The summed E-state index contributed by atoms with van der Waals surface area (Å²) in [7, 11) is 2.05. The lowest BCUT2D eigenvalue weighted by Crippen LogP contribution is -2.50. The van der Waals surface area contributed by atoms with Crippen LogP contribution in [0.15, 0.2) is 0 Å². The van der Waals surface area contributed by atoms with Crippen molar-refractivity contribution in [3.8, 4) is 0 Å². The fourth-order valence-corrected chi connectivity index (χ4v) is 2.52. The van der Waals surface area contributed by atoms with Crippen LogP contribution in [0.2, 0.25) is 0 Å². The molecule has 16 heavy (non-hydrogen) atoms. The van der Waals surface area contributed by atoms with Gasteiger partial charge in [-0.05, 0) is 47.6 Å². The second-order valence-electron chi connectivity index (χ2n) is 6.11. The highest BCUT2D eigenvalue weighted by atomic mass is 19.1. The molecule has 0 bridgehead atoms. The van der Waals surface area contributed by atoms with Gasteiger partial charge in [-0.2, -0.15) is 0 Å². The van der Waals surface area contributed by atoms with Gasteiger partial charge in [-0.3, -0.25) is 4.90 Å². The molecule has 0 aromatic heterocycles. The fraction of sp³-hybridized carbons (Fsp3) is 1.00. The van der Waals surface area contributed by atoms with Crippen molar-refractivity contribution >= 4 is 0 Å². The molecule has 0 aromatic carbocycles. The maximum absolute atomic E-state index is 12.9. The highest BCUT2D eigenvalue weighted by molar-refractivity contribution is 4.85. The molecule has 0 radical (unpaired) electrons. The molecule has 0 saturated carbocycles. The average molecular weight is 230 g/mol. The summed E-state index contributed by atoms with van der Waals surface area (Å²) in [6.45, 7) is 11.3. The van der Waals surface area contributed by atoms with E-state index >= 15 is 0 Å². The van der Waals surface area contributed by atoms with E-state index in [-0.39, 0.29) is 5.54 Å². The summed E-state index contributed by atoms with van der Waals surface area (Å²) in [6, 6.07) is 0.566. The molecule has 2 nitrogen and oxygen atoms in total. The standard InChI is InChI=1S/C13H27FN2/c1-11(14)10-15(5)12-6-8-16(9-7-12)13(2,3)4/h11-12H,6-10H2,1-5H3. The first-order chi connectivity index (χ1) is 7.30. The third kappa shape index (κ3) is 4.02. The van der Waals surface area contributed by atoms with E-state index in [1.165, 1.54) is 12.8 Å². The molecule has 1 heterocycles. The summed E-state index contributed by atoms with van der Waals surface area (Å²) < 4.78 is 12.9. The first-order valence-corrected chi connectivity index (χ1v) is 6.40. The van der Waals surface area contributed by atoms with Crippen LogP contribution in [0.4, 0.5) is 4.39 Å². The predicted molar refractivity (Wildman–Crippen MR) is 67.5 cm³/mol. The van der Waals surface area contributed by atoms with E-state index in [0.29, 0.717) is 12.6 Å². The van der Waals surface area contributed by atoms with Crippen LogP contribution in [0.25, 0.3) is 0 Å². The van der Waals surface area contributed by atoms with Crippen LogP contribution < -0.4 is 0 Å². The molecule has 0 spiro atoms. The Labute approximate surface area is 99.8 Å². The van der Waals surface area contributed by atoms with E-state index in [0.717, 1.165) is 13.1 Å². The summed E-state index contributed by atoms with van der Waals surface area (Å²) in [5, 5.41) is 0. The normalized spacial score (nSPS) is 22.7. The van der Waals surface area contributed by atoms with E-state index in [1.807, 2.05) is 7.05 Å². The summed E-state index contributed by atoms with van der Waals surface area (Å²) in [6.07, 6.45) is 1.62. The Hall–Kier alpha value is -0.150. The van der Waals surface area contributed by atoms with Crippen LogP contribution >= 0.6 is 0 Å². The number of halogens is 1. The van der Waals surface area contributed by atoms with Crippen LogP contribution in [0.1, 0.15) is 40.5 Å². The molecule has 1 fully saturated rings. The summed E-state index contributed by atoms with van der Waals surface area (Å²) in [5.41, 5.74) is 0.275. The van der Waals surface area contributed by atoms with E-state index in [4.69, 9.17) is 0 Å². The molecular formula is C13H27FN2. The Morgan fingerprint density at radius 1 is 1.31 bits per heavy atom. The monoisotopic (exact) mass is 230 g/mol. The first kappa shape index (κ1) is 13.9. The predicted octanol–water partition coefficient (Wildman–Crippen LogP) is 2.54. The number of alkyl halides is 1. The van der Waals surface area contributed by atoms with Crippen molar-refractivity contribution in [1.82, 2.24) is 9.80 Å². The zero-order valence-electron chi connectivity index (χ0n) is 11.5. The summed E-state index contributed by atoms with van der Waals surface area (Å²) in [5.74, 6) is 0. The van der Waals surface area contributed by atoms with E-state index < -0.39 is 6.17 Å². The van der Waals surface area contributed by atoms with E-state index in [2.05, 4.69) is 30.6 Å². The quantitative estimate of drug-likeness (QED) is 0.735. The Balaban J connectivity index is 2.37. The van der Waals surface area contributed by atoms with Gasteiger partial charge in [0.25, 0.3) is 0 Å². The van der Waals surface area contributed by atoms with Crippen LogP contribution in [0, 0.1) is 0 Å². The van der Waals surface area contributed by atoms with Crippen LogP contribution in [-0.4, -0.2) is 54.2 Å². The van der Waals surface area contributed by atoms with E-state index in [9.17, 15) is 4.39 Å². The SMILES string of the molecule is CC(F)CN(C)C1CCN(C(C)(C)C)CC1. The Kier molecular flexibility index (Phi) is 4.74. The zero-order chi connectivity index (χ0) is 12.3. The van der Waals surface area contributed by atoms with Gasteiger partial charge in [-0.1, -0.05) is 0 Å².